The number of esters is 1. The normalized spacial score (nSPS) is 14.7. The highest BCUT2D eigenvalue weighted by Crippen LogP contribution is 2.37. The number of nitro benzene ring substituents is 1. The van der Waals surface area contributed by atoms with Crippen molar-refractivity contribution in [2.24, 2.45) is 4.99 Å². The summed E-state index contributed by atoms with van der Waals surface area (Å²) in [6, 6.07) is 13.9. The van der Waals surface area contributed by atoms with Crippen molar-refractivity contribution in [2.45, 2.75) is 32.9 Å². The molecule has 0 N–H and O–H groups in total. The third-order valence-electron chi connectivity index (χ3n) is 6.90. The number of ether oxygens (including phenoxy) is 4. The average molecular weight is 634 g/mol. The van der Waals surface area contributed by atoms with Gasteiger partial charge in [-0.25, -0.2) is 9.79 Å². The number of nitro groups is 1. The minimum Gasteiger partial charge on any atom is -0.496 e. The summed E-state index contributed by atoms with van der Waals surface area (Å²) in [5.74, 6) is 0.950. The van der Waals surface area contributed by atoms with Crippen molar-refractivity contribution >= 4 is 29.1 Å². The zero-order valence-corrected chi connectivity index (χ0v) is 26.1. The summed E-state index contributed by atoms with van der Waals surface area (Å²) in [5.41, 5.74) is 1.09. The van der Waals surface area contributed by atoms with Crippen LogP contribution in [-0.2, 0) is 14.3 Å². The van der Waals surface area contributed by atoms with Crippen molar-refractivity contribution in [3.8, 4) is 22.8 Å². The van der Waals surface area contributed by atoms with Gasteiger partial charge < -0.3 is 23.4 Å². The molecule has 0 aliphatic carbocycles. The second kappa shape index (κ2) is 13.3. The van der Waals surface area contributed by atoms with E-state index < -0.39 is 22.5 Å². The van der Waals surface area contributed by atoms with E-state index in [9.17, 15) is 19.7 Å². The average Bonchev–Trinajstić information content (AvgIpc) is 3.60. The number of aromatic nitrogens is 1. The van der Waals surface area contributed by atoms with Gasteiger partial charge in [-0.1, -0.05) is 29.5 Å². The van der Waals surface area contributed by atoms with E-state index in [1.54, 1.807) is 31.2 Å². The minimum atomic E-state index is -0.880. The number of hydrogen-bond donors (Lipinski definition) is 0. The van der Waals surface area contributed by atoms with Crippen molar-refractivity contribution < 1.29 is 33.1 Å². The molecule has 0 radical (unpaired) electrons. The van der Waals surface area contributed by atoms with Crippen LogP contribution in [-0.4, -0.2) is 49.0 Å². The molecule has 2 aromatic carbocycles. The highest BCUT2D eigenvalue weighted by atomic mass is 32.1. The number of carbonyl (C=O) groups is 1. The van der Waals surface area contributed by atoms with Gasteiger partial charge >= 0.3 is 5.97 Å². The summed E-state index contributed by atoms with van der Waals surface area (Å²) in [6.45, 7) is 5.73. The number of fused-ring (bicyclic) bond motifs is 1. The van der Waals surface area contributed by atoms with Crippen molar-refractivity contribution in [1.82, 2.24) is 4.57 Å². The number of thiazole rings is 1. The number of benzene rings is 2. The first-order valence-corrected chi connectivity index (χ1v) is 14.8. The standard InChI is InChI=1S/C32H31N3O9S/c1-18(2)43-25-9-7-6-8-22(25)29-28(31(37)42-15-14-40-4)19(3)33-32-34(29)30(36)27(45-32)17-21-11-13-26(44-21)23-16-20(35(38)39)10-12-24(23)41-5/h6-13,16-18,29H,14-15H2,1-5H3/b27-17+/t29-/m0/s1. The Morgan fingerprint density at radius 1 is 1.13 bits per heavy atom. The van der Waals surface area contributed by atoms with Gasteiger partial charge in [-0.05, 0) is 45.0 Å². The number of nitrogens with zero attached hydrogens (tertiary/aromatic N) is 3. The Labute approximate surface area is 261 Å². The fraction of sp³-hybridized carbons (Fsp3) is 0.281. The van der Waals surface area contributed by atoms with Gasteiger partial charge in [0.2, 0.25) is 0 Å². The lowest BCUT2D eigenvalue weighted by Crippen LogP contribution is -2.40. The second-order valence-electron chi connectivity index (χ2n) is 10.3. The molecule has 0 spiro atoms. The first-order valence-electron chi connectivity index (χ1n) is 14.0. The molecule has 12 nitrogen and oxygen atoms in total. The van der Waals surface area contributed by atoms with Crippen LogP contribution in [0.2, 0.25) is 0 Å². The van der Waals surface area contributed by atoms with Crippen LogP contribution in [0.1, 0.15) is 38.1 Å². The number of hydrogen-bond acceptors (Lipinski definition) is 11. The van der Waals surface area contributed by atoms with Crippen molar-refractivity contribution in [3.63, 3.8) is 0 Å². The largest absolute Gasteiger partial charge is 0.496 e. The number of rotatable bonds is 11. The Balaban J connectivity index is 1.63. The van der Waals surface area contributed by atoms with Crippen molar-refractivity contribution in [3.05, 3.63) is 107 Å². The lowest BCUT2D eigenvalue weighted by atomic mass is 9.95. The molecule has 13 heteroatoms. The number of furan rings is 1. The summed E-state index contributed by atoms with van der Waals surface area (Å²) >= 11 is 1.14. The summed E-state index contributed by atoms with van der Waals surface area (Å²) < 4.78 is 29.8. The monoisotopic (exact) mass is 633 g/mol. The van der Waals surface area contributed by atoms with E-state index in [2.05, 4.69) is 4.99 Å². The Kier molecular flexibility index (Phi) is 9.30. The van der Waals surface area contributed by atoms with Crippen molar-refractivity contribution in [2.75, 3.05) is 27.4 Å². The Bertz CT molecular complexity index is 1970. The molecule has 0 bridgehead atoms. The summed E-state index contributed by atoms with van der Waals surface area (Å²) in [7, 11) is 2.97. The zero-order valence-electron chi connectivity index (χ0n) is 25.3. The molecule has 45 heavy (non-hydrogen) atoms. The van der Waals surface area contributed by atoms with E-state index in [1.807, 2.05) is 32.0 Å². The van der Waals surface area contributed by atoms with Crippen LogP contribution in [0.4, 0.5) is 5.69 Å². The fourth-order valence-electron chi connectivity index (χ4n) is 4.95. The van der Waals surface area contributed by atoms with Gasteiger partial charge in [0.25, 0.3) is 11.2 Å². The zero-order chi connectivity index (χ0) is 32.2. The molecule has 0 unspecified atom stereocenters. The smallest absolute Gasteiger partial charge is 0.338 e. The number of methoxy groups -OCH3 is 2. The Morgan fingerprint density at radius 2 is 1.91 bits per heavy atom. The van der Waals surface area contributed by atoms with Gasteiger partial charge in [-0.3, -0.25) is 19.5 Å². The quantitative estimate of drug-likeness (QED) is 0.102. The molecule has 0 amide bonds. The van der Waals surface area contributed by atoms with Gasteiger partial charge in [-0.15, -0.1) is 0 Å². The molecule has 234 valence electrons. The van der Waals surface area contributed by atoms with Gasteiger partial charge in [0, 0.05) is 30.9 Å². The molecule has 2 aromatic heterocycles. The highest BCUT2D eigenvalue weighted by Gasteiger charge is 2.35. The fourth-order valence-corrected chi connectivity index (χ4v) is 5.97. The number of carbonyl (C=O) groups excluding carboxylic acids is 1. The minimum absolute atomic E-state index is 0.0313. The third kappa shape index (κ3) is 6.44. The third-order valence-corrected chi connectivity index (χ3v) is 7.88. The van der Waals surface area contributed by atoms with Crippen LogP contribution < -0.4 is 24.4 Å². The molecule has 0 fully saturated rings. The van der Waals surface area contributed by atoms with E-state index in [-0.39, 0.29) is 30.6 Å². The molecule has 0 saturated carbocycles. The van der Waals surface area contributed by atoms with Crippen molar-refractivity contribution in [1.29, 1.82) is 0 Å². The van der Waals surface area contributed by atoms with Crippen LogP contribution >= 0.6 is 11.3 Å². The number of para-hydroxylation sites is 1. The maximum absolute atomic E-state index is 14.1. The number of allylic oxidation sites excluding steroid dienone is 1. The summed E-state index contributed by atoms with van der Waals surface area (Å²) in [5, 5.41) is 11.4. The van der Waals surface area contributed by atoms with E-state index in [0.717, 1.165) is 11.3 Å². The van der Waals surface area contributed by atoms with Crippen LogP contribution in [0.15, 0.2) is 80.1 Å². The van der Waals surface area contributed by atoms with Gasteiger partial charge in [0.05, 0.1) is 46.1 Å². The molecule has 5 rings (SSSR count). The van der Waals surface area contributed by atoms with Gasteiger partial charge in [0.15, 0.2) is 4.80 Å². The molecule has 3 heterocycles. The first kappa shape index (κ1) is 31.4. The molecule has 0 saturated heterocycles. The maximum atomic E-state index is 14.1. The van der Waals surface area contributed by atoms with Crippen LogP contribution in [0.25, 0.3) is 17.4 Å². The Hall–Kier alpha value is -5.01. The SMILES string of the molecule is COCCOC(=O)C1=C(C)N=c2s/c(=C/c3ccc(-c4cc([N+](=O)[O-])ccc4OC)o3)c(=O)n2[C@H]1c1ccccc1OC(C)C. The number of non-ortho nitro benzene ring substituents is 1. The molecule has 1 aliphatic heterocycles. The highest BCUT2D eigenvalue weighted by molar-refractivity contribution is 7.07. The van der Waals surface area contributed by atoms with Crippen LogP contribution in [0.3, 0.4) is 0 Å². The Morgan fingerprint density at radius 3 is 2.62 bits per heavy atom. The van der Waals surface area contributed by atoms with E-state index in [4.69, 9.17) is 23.4 Å². The predicted molar refractivity (Wildman–Crippen MR) is 166 cm³/mol. The topological polar surface area (TPSA) is 145 Å². The summed E-state index contributed by atoms with van der Waals surface area (Å²) in [6.07, 6.45) is 1.41. The van der Waals surface area contributed by atoms with Gasteiger partial charge in [-0.2, -0.15) is 0 Å². The molecular weight excluding hydrogens is 602 g/mol. The predicted octanol–water partition coefficient (Wildman–Crippen LogP) is 4.39. The summed E-state index contributed by atoms with van der Waals surface area (Å²) in [4.78, 5) is 43.4. The van der Waals surface area contributed by atoms with Gasteiger partial charge in [0.1, 0.15) is 35.7 Å². The van der Waals surface area contributed by atoms with E-state index in [0.29, 0.717) is 49.2 Å². The van der Waals surface area contributed by atoms with E-state index in [1.165, 1.54) is 37.0 Å². The van der Waals surface area contributed by atoms with Crippen LogP contribution in [0, 0.1) is 10.1 Å². The molecule has 4 aromatic rings. The maximum Gasteiger partial charge on any atom is 0.338 e. The second-order valence-corrected chi connectivity index (χ2v) is 11.3. The molecule has 1 atom stereocenters. The van der Waals surface area contributed by atoms with E-state index >= 15 is 0 Å². The lowest BCUT2D eigenvalue weighted by Gasteiger charge is -2.27. The lowest BCUT2D eigenvalue weighted by molar-refractivity contribution is -0.384. The molecular formula is C32H31N3O9S. The first-order chi connectivity index (χ1) is 21.6. The van der Waals surface area contributed by atoms with Crippen LogP contribution in [0.5, 0.6) is 11.5 Å². The molecule has 1 aliphatic rings.